The standard InChI is InChI=1S/C20H33N3O3/c1-19(2,21)18(24)23-12-5-10-20(25,11-13-23)15-22(3)14-16-6-8-17(26-4)9-7-16/h6-9,25H,5,10-15,21H2,1-4H3/t20-/m1/s1. The first-order valence-electron chi connectivity index (χ1n) is 9.25. The molecular weight excluding hydrogens is 330 g/mol. The van der Waals surface area contributed by atoms with E-state index in [-0.39, 0.29) is 5.91 Å². The summed E-state index contributed by atoms with van der Waals surface area (Å²) < 4.78 is 5.18. The summed E-state index contributed by atoms with van der Waals surface area (Å²) in [4.78, 5) is 16.3. The summed E-state index contributed by atoms with van der Waals surface area (Å²) in [5.41, 5.74) is 5.47. The zero-order valence-corrected chi connectivity index (χ0v) is 16.5. The first-order chi connectivity index (χ1) is 12.1. The van der Waals surface area contributed by atoms with E-state index in [1.165, 1.54) is 5.56 Å². The number of amides is 1. The van der Waals surface area contributed by atoms with Crippen molar-refractivity contribution in [3.63, 3.8) is 0 Å². The molecule has 0 spiro atoms. The van der Waals surface area contributed by atoms with E-state index in [1.807, 2.05) is 31.3 Å². The molecule has 0 radical (unpaired) electrons. The molecule has 1 amide bonds. The lowest BCUT2D eigenvalue weighted by Gasteiger charge is -2.32. The van der Waals surface area contributed by atoms with E-state index in [1.54, 1.807) is 25.9 Å². The molecule has 1 fully saturated rings. The van der Waals surface area contributed by atoms with Crippen LogP contribution in [0.2, 0.25) is 0 Å². The molecule has 26 heavy (non-hydrogen) atoms. The molecule has 6 heteroatoms. The second-order valence-electron chi connectivity index (χ2n) is 8.11. The van der Waals surface area contributed by atoms with Crippen LogP contribution in [0.3, 0.4) is 0 Å². The zero-order chi connectivity index (χ0) is 19.4. The average molecular weight is 364 g/mol. The van der Waals surface area contributed by atoms with Gasteiger partial charge < -0.3 is 20.5 Å². The molecule has 1 atom stereocenters. The van der Waals surface area contributed by atoms with E-state index in [9.17, 15) is 9.90 Å². The highest BCUT2D eigenvalue weighted by atomic mass is 16.5. The van der Waals surface area contributed by atoms with Crippen molar-refractivity contribution in [3.05, 3.63) is 29.8 Å². The minimum Gasteiger partial charge on any atom is -0.497 e. The Morgan fingerprint density at radius 3 is 2.54 bits per heavy atom. The van der Waals surface area contributed by atoms with Crippen molar-refractivity contribution in [1.82, 2.24) is 9.80 Å². The normalized spacial score (nSPS) is 21.6. The highest BCUT2D eigenvalue weighted by Crippen LogP contribution is 2.25. The minimum atomic E-state index is -0.867. The van der Waals surface area contributed by atoms with Gasteiger partial charge in [-0.1, -0.05) is 12.1 Å². The Morgan fingerprint density at radius 2 is 1.96 bits per heavy atom. The smallest absolute Gasteiger partial charge is 0.242 e. The van der Waals surface area contributed by atoms with Crippen LogP contribution in [-0.4, -0.2) is 65.7 Å². The van der Waals surface area contributed by atoms with Crippen molar-refractivity contribution in [2.24, 2.45) is 5.73 Å². The number of hydrogen-bond donors (Lipinski definition) is 2. The molecule has 1 aliphatic heterocycles. The maximum atomic E-state index is 12.4. The van der Waals surface area contributed by atoms with Crippen molar-refractivity contribution >= 4 is 5.91 Å². The van der Waals surface area contributed by atoms with Crippen molar-refractivity contribution in [2.75, 3.05) is 33.8 Å². The Morgan fingerprint density at radius 1 is 1.31 bits per heavy atom. The van der Waals surface area contributed by atoms with Gasteiger partial charge in [0.2, 0.25) is 5.91 Å². The fourth-order valence-electron chi connectivity index (χ4n) is 3.55. The third-order valence-corrected chi connectivity index (χ3v) is 4.93. The third-order valence-electron chi connectivity index (χ3n) is 4.93. The number of aliphatic hydroxyl groups is 1. The second kappa shape index (κ2) is 8.37. The lowest BCUT2D eigenvalue weighted by molar-refractivity contribution is -0.135. The number of nitrogens with two attached hydrogens (primary N) is 1. The second-order valence-corrected chi connectivity index (χ2v) is 8.11. The van der Waals surface area contributed by atoms with E-state index < -0.39 is 11.1 Å². The number of benzene rings is 1. The van der Waals surface area contributed by atoms with Crippen molar-refractivity contribution in [1.29, 1.82) is 0 Å². The van der Waals surface area contributed by atoms with E-state index in [4.69, 9.17) is 10.5 Å². The van der Waals surface area contributed by atoms with Crippen LogP contribution in [0, 0.1) is 0 Å². The molecule has 146 valence electrons. The van der Waals surface area contributed by atoms with E-state index in [2.05, 4.69) is 4.90 Å². The SMILES string of the molecule is COc1ccc(CN(C)C[C@@]2(O)CCCN(C(=O)C(C)(C)N)CC2)cc1. The largest absolute Gasteiger partial charge is 0.497 e. The van der Waals surface area contributed by atoms with Gasteiger partial charge in [0, 0.05) is 26.2 Å². The number of ether oxygens (including phenoxy) is 1. The molecule has 1 aromatic rings. The lowest BCUT2D eigenvalue weighted by atomic mass is 9.94. The van der Waals surface area contributed by atoms with Gasteiger partial charge in [0.05, 0.1) is 18.2 Å². The van der Waals surface area contributed by atoms with E-state index in [0.29, 0.717) is 32.5 Å². The molecule has 0 saturated carbocycles. The number of methoxy groups -OCH3 is 1. The molecule has 2 rings (SSSR count). The number of likely N-dealkylation sites (N-methyl/N-ethyl adjacent to an activating group) is 1. The molecule has 1 heterocycles. The summed E-state index contributed by atoms with van der Waals surface area (Å²) in [5.74, 6) is 0.791. The molecule has 0 unspecified atom stereocenters. The summed E-state index contributed by atoms with van der Waals surface area (Å²) in [7, 11) is 3.67. The number of rotatable bonds is 6. The van der Waals surface area contributed by atoms with Gasteiger partial charge in [-0.05, 0) is 57.9 Å². The molecule has 3 N–H and O–H groups in total. The molecule has 0 aromatic heterocycles. The summed E-state index contributed by atoms with van der Waals surface area (Å²) in [5, 5.41) is 11.1. The number of carbonyl (C=O) groups excluding carboxylic acids is 1. The molecule has 1 aromatic carbocycles. The van der Waals surface area contributed by atoms with Crippen molar-refractivity contribution in [3.8, 4) is 5.75 Å². The quantitative estimate of drug-likeness (QED) is 0.803. The molecular formula is C20H33N3O3. The van der Waals surface area contributed by atoms with Crippen LogP contribution < -0.4 is 10.5 Å². The van der Waals surface area contributed by atoms with Crippen molar-refractivity contribution < 1.29 is 14.6 Å². The summed E-state index contributed by atoms with van der Waals surface area (Å²) >= 11 is 0. The van der Waals surface area contributed by atoms with Crippen LogP contribution in [0.5, 0.6) is 5.75 Å². The van der Waals surface area contributed by atoms with Gasteiger partial charge >= 0.3 is 0 Å². The number of hydrogen-bond acceptors (Lipinski definition) is 5. The van der Waals surface area contributed by atoms with Crippen LogP contribution in [0.4, 0.5) is 0 Å². The maximum absolute atomic E-state index is 12.4. The predicted molar refractivity (Wildman–Crippen MR) is 103 cm³/mol. The third kappa shape index (κ3) is 5.69. The number of carbonyl (C=O) groups is 1. The monoisotopic (exact) mass is 363 g/mol. The van der Waals surface area contributed by atoms with Crippen molar-refractivity contribution in [2.45, 2.75) is 50.8 Å². The van der Waals surface area contributed by atoms with Crippen LogP contribution in [0.25, 0.3) is 0 Å². The number of likely N-dealkylation sites (tertiary alicyclic amines) is 1. The zero-order valence-electron chi connectivity index (χ0n) is 16.5. The van der Waals surface area contributed by atoms with Gasteiger partial charge in [-0.3, -0.25) is 9.69 Å². The molecule has 1 saturated heterocycles. The molecule has 0 bridgehead atoms. The van der Waals surface area contributed by atoms with Gasteiger partial charge in [0.25, 0.3) is 0 Å². The van der Waals surface area contributed by atoms with Crippen LogP contribution >= 0.6 is 0 Å². The van der Waals surface area contributed by atoms with Crippen LogP contribution in [0.15, 0.2) is 24.3 Å². The van der Waals surface area contributed by atoms with Crippen LogP contribution in [0.1, 0.15) is 38.7 Å². The molecule has 1 aliphatic rings. The Hall–Kier alpha value is -1.63. The van der Waals surface area contributed by atoms with Crippen LogP contribution in [-0.2, 0) is 11.3 Å². The van der Waals surface area contributed by atoms with Gasteiger partial charge in [0.15, 0.2) is 0 Å². The molecule has 0 aliphatic carbocycles. The number of nitrogens with zero attached hydrogens (tertiary/aromatic N) is 2. The fraction of sp³-hybridized carbons (Fsp3) is 0.650. The lowest BCUT2D eigenvalue weighted by Crippen LogP contribution is -2.51. The topological polar surface area (TPSA) is 79.0 Å². The van der Waals surface area contributed by atoms with E-state index >= 15 is 0 Å². The summed E-state index contributed by atoms with van der Waals surface area (Å²) in [6, 6.07) is 7.97. The van der Waals surface area contributed by atoms with Gasteiger partial charge in [-0.25, -0.2) is 0 Å². The van der Waals surface area contributed by atoms with Gasteiger partial charge in [-0.2, -0.15) is 0 Å². The Kier molecular flexibility index (Phi) is 6.66. The Balaban J connectivity index is 1.92. The summed E-state index contributed by atoms with van der Waals surface area (Å²) in [6.07, 6.45) is 2.05. The predicted octanol–water partition coefficient (Wildman–Crippen LogP) is 1.61. The first kappa shape index (κ1) is 20.7. The fourth-order valence-corrected chi connectivity index (χ4v) is 3.55. The van der Waals surface area contributed by atoms with E-state index in [0.717, 1.165) is 18.7 Å². The first-order valence-corrected chi connectivity index (χ1v) is 9.25. The minimum absolute atomic E-state index is 0.0478. The Labute approximate surface area is 156 Å². The average Bonchev–Trinajstić information content (AvgIpc) is 2.75. The highest BCUT2D eigenvalue weighted by Gasteiger charge is 2.35. The van der Waals surface area contributed by atoms with Gasteiger partial charge in [0.1, 0.15) is 5.75 Å². The maximum Gasteiger partial charge on any atom is 0.242 e. The highest BCUT2D eigenvalue weighted by molar-refractivity contribution is 5.85. The Bertz CT molecular complexity index is 597. The van der Waals surface area contributed by atoms with Gasteiger partial charge in [-0.15, -0.1) is 0 Å². The summed E-state index contributed by atoms with van der Waals surface area (Å²) in [6.45, 7) is 6.00. The molecule has 6 nitrogen and oxygen atoms in total.